The second kappa shape index (κ2) is 4.20. The molecule has 0 saturated carbocycles. The van der Waals surface area contributed by atoms with E-state index in [1.54, 1.807) is 0 Å². The first-order chi connectivity index (χ1) is 6.88. The van der Waals surface area contributed by atoms with Gasteiger partial charge in [0, 0.05) is 17.5 Å². The molecule has 0 unspecified atom stereocenters. The minimum Gasteiger partial charge on any atom is -0.744 e. The summed E-state index contributed by atoms with van der Waals surface area (Å²) >= 11 is 0. The summed E-state index contributed by atoms with van der Waals surface area (Å²) in [6.45, 7) is 0. The van der Waals surface area contributed by atoms with Gasteiger partial charge >= 0.3 is 0 Å². The van der Waals surface area contributed by atoms with E-state index in [0.29, 0.717) is 11.0 Å². The molecule has 0 aliphatic heterocycles. The lowest BCUT2D eigenvalue weighted by molar-refractivity contribution is -0.384. The summed E-state index contributed by atoms with van der Waals surface area (Å²) in [5.41, 5.74) is 0.303. The molecular weight excluding hydrogens is 222 g/mol. The molecule has 1 aromatic carbocycles. The smallest absolute Gasteiger partial charge is 0.269 e. The molecule has 1 rings (SSSR count). The quantitative estimate of drug-likeness (QED) is 0.438. The molecule has 6 nitrogen and oxygen atoms in total. The molecule has 1 aromatic rings. The van der Waals surface area contributed by atoms with Gasteiger partial charge in [-0.15, -0.1) is 0 Å². The molecule has 0 radical (unpaired) electrons. The van der Waals surface area contributed by atoms with Crippen molar-refractivity contribution in [3.8, 4) is 0 Å². The number of nitro groups is 1. The van der Waals surface area contributed by atoms with Crippen LogP contribution in [0.3, 0.4) is 0 Å². The van der Waals surface area contributed by atoms with E-state index in [9.17, 15) is 23.1 Å². The average Bonchev–Trinajstić information content (AvgIpc) is 2.14. The summed E-state index contributed by atoms with van der Waals surface area (Å²) in [5, 5.41) is 10.8. The lowest BCUT2D eigenvalue weighted by Gasteiger charge is -1.98. The van der Waals surface area contributed by atoms with Gasteiger partial charge in [-0.25, -0.2) is 8.42 Å². The van der Waals surface area contributed by atoms with Gasteiger partial charge < -0.3 is 4.55 Å². The number of hydrogen-bond donors (Lipinski definition) is 0. The average molecular weight is 228 g/mol. The highest BCUT2D eigenvalue weighted by Crippen LogP contribution is 2.12. The molecule has 80 valence electrons. The van der Waals surface area contributed by atoms with Gasteiger partial charge in [0.05, 0.1) is 4.92 Å². The van der Waals surface area contributed by atoms with Crippen LogP contribution < -0.4 is 0 Å². The predicted octanol–water partition coefficient (Wildman–Crippen LogP) is 1.11. The van der Waals surface area contributed by atoms with E-state index in [2.05, 4.69) is 0 Å². The topological polar surface area (TPSA) is 100 Å². The fraction of sp³-hybridized carbons (Fsp3) is 0. The van der Waals surface area contributed by atoms with E-state index in [4.69, 9.17) is 0 Å². The zero-order valence-electron chi connectivity index (χ0n) is 7.36. The van der Waals surface area contributed by atoms with Crippen LogP contribution in [0.15, 0.2) is 29.7 Å². The second-order valence-electron chi connectivity index (χ2n) is 2.64. The molecular formula is C8H6NO5S-. The van der Waals surface area contributed by atoms with Gasteiger partial charge in [0.25, 0.3) is 5.69 Å². The van der Waals surface area contributed by atoms with Crippen LogP contribution in [0, 0.1) is 10.1 Å². The van der Waals surface area contributed by atoms with Crippen molar-refractivity contribution in [3.63, 3.8) is 0 Å². The zero-order chi connectivity index (χ0) is 11.5. The predicted molar refractivity (Wildman–Crippen MR) is 51.8 cm³/mol. The van der Waals surface area contributed by atoms with Crippen LogP contribution in [0.5, 0.6) is 0 Å². The van der Waals surface area contributed by atoms with E-state index in [-0.39, 0.29) is 5.69 Å². The minimum atomic E-state index is -4.41. The van der Waals surface area contributed by atoms with E-state index in [1.165, 1.54) is 24.3 Å². The highest BCUT2D eigenvalue weighted by Gasteiger charge is 2.02. The molecule has 0 aliphatic rings. The lowest BCUT2D eigenvalue weighted by Crippen LogP contribution is -1.90. The maximum Gasteiger partial charge on any atom is 0.269 e. The molecule has 7 heteroatoms. The summed E-state index contributed by atoms with van der Waals surface area (Å²) in [4.78, 5) is 9.70. The fourth-order valence-electron chi connectivity index (χ4n) is 0.869. The van der Waals surface area contributed by atoms with Crippen LogP contribution in [-0.4, -0.2) is 17.9 Å². The standard InChI is InChI=1S/C8H7NO5S/c10-9(11)8-3-1-7(2-4-8)5-6-15(12,13)14/h1-6H,(H,12,13,14)/p-1/b6-5+. The Morgan fingerprint density at radius 3 is 2.13 bits per heavy atom. The number of nitro benzene ring substituents is 1. The Bertz CT molecular complexity index is 488. The van der Waals surface area contributed by atoms with E-state index < -0.39 is 15.0 Å². The molecule has 0 N–H and O–H groups in total. The maximum absolute atomic E-state index is 10.3. The van der Waals surface area contributed by atoms with Crippen molar-refractivity contribution in [3.05, 3.63) is 45.4 Å². The third-order valence-corrected chi connectivity index (χ3v) is 2.00. The van der Waals surface area contributed by atoms with Gasteiger partial charge in [-0.3, -0.25) is 10.1 Å². The molecule has 0 aliphatic carbocycles. The van der Waals surface area contributed by atoms with Crippen molar-refractivity contribution in [1.82, 2.24) is 0 Å². The van der Waals surface area contributed by atoms with Crippen LogP contribution >= 0.6 is 0 Å². The Labute approximate surface area is 85.8 Å². The number of non-ortho nitro benzene ring substituents is 1. The summed E-state index contributed by atoms with van der Waals surface area (Å²) in [5.74, 6) is 0. The van der Waals surface area contributed by atoms with Crippen molar-refractivity contribution in [2.24, 2.45) is 0 Å². The van der Waals surface area contributed by atoms with Crippen LogP contribution in [0.25, 0.3) is 6.08 Å². The molecule has 0 aromatic heterocycles. The highest BCUT2D eigenvalue weighted by molar-refractivity contribution is 7.88. The Kier molecular flexibility index (Phi) is 3.17. The van der Waals surface area contributed by atoms with Crippen LogP contribution in [0.4, 0.5) is 5.69 Å². The Hall–Kier alpha value is -1.73. The van der Waals surface area contributed by atoms with E-state index in [1.807, 2.05) is 0 Å². The summed E-state index contributed by atoms with van der Waals surface area (Å²) in [7, 11) is -4.41. The zero-order valence-corrected chi connectivity index (χ0v) is 8.18. The Balaban J connectivity index is 2.91. The lowest BCUT2D eigenvalue weighted by atomic mass is 10.2. The number of benzene rings is 1. The monoisotopic (exact) mass is 228 g/mol. The summed E-state index contributed by atoms with van der Waals surface area (Å²) < 4.78 is 30.7. The highest BCUT2D eigenvalue weighted by atomic mass is 32.2. The molecule has 15 heavy (non-hydrogen) atoms. The van der Waals surface area contributed by atoms with Crippen molar-refractivity contribution in [1.29, 1.82) is 0 Å². The summed E-state index contributed by atoms with van der Waals surface area (Å²) in [6, 6.07) is 5.13. The maximum atomic E-state index is 10.3. The molecule has 0 saturated heterocycles. The second-order valence-corrected chi connectivity index (χ2v) is 3.90. The number of rotatable bonds is 3. The third kappa shape index (κ3) is 3.88. The van der Waals surface area contributed by atoms with E-state index >= 15 is 0 Å². The largest absolute Gasteiger partial charge is 0.744 e. The van der Waals surface area contributed by atoms with Crippen molar-refractivity contribution < 1.29 is 17.9 Å². The number of hydrogen-bond acceptors (Lipinski definition) is 5. The normalized spacial score (nSPS) is 11.8. The minimum absolute atomic E-state index is 0.0999. The van der Waals surface area contributed by atoms with Gasteiger partial charge in [0.15, 0.2) is 0 Å². The van der Waals surface area contributed by atoms with E-state index in [0.717, 1.165) is 6.08 Å². The first kappa shape index (κ1) is 11.3. The molecule has 0 heterocycles. The first-order valence-corrected chi connectivity index (χ1v) is 5.24. The van der Waals surface area contributed by atoms with Gasteiger partial charge in [-0.05, 0) is 23.8 Å². The van der Waals surface area contributed by atoms with Crippen LogP contribution in [-0.2, 0) is 10.1 Å². The molecule has 0 bridgehead atoms. The van der Waals surface area contributed by atoms with Gasteiger partial charge in [-0.1, -0.05) is 0 Å². The molecule has 0 atom stereocenters. The molecule has 0 fully saturated rings. The van der Waals surface area contributed by atoms with Gasteiger partial charge in [0.2, 0.25) is 0 Å². The van der Waals surface area contributed by atoms with Crippen molar-refractivity contribution >= 4 is 21.9 Å². The third-order valence-electron chi connectivity index (χ3n) is 1.53. The number of nitrogens with zero attached hydrogens (tertiary/aromatic N) is 1. The van der Waals surface area contributed by atoms with Gasteiger partial charge in [0.1, 0.15) is 10.1 Å². The van der Waals surface area contributed by atoms with Crippen molar-refractivity contribution in [2.75, 3.05) is 0 Å². The molecule has 0 amide bonds. The fourth-order valence-corrected chi connectivity index (χ4v) is 1.19. The SMILES string of the molecule is O=[N+]([O-])c1ccc(/C=C/S(=O)(=O)[O-])cc1. The van der Waals surface area contributed by atoms with Crippen LogP contribution in [0.1, 0.15) is 5.56 Å². The molecule has 0 spiro atoms. The Morgan fingerprint density at radius 2 is 1.73 bits per heavy atom. The van der Waals surface area contributed by atoms with Crippen molar-refractivity contribution in [2.45, 2.75) is 0 Å². The summed E-state index contributed by atoms with van der Waals surface area (Å²) in [6.07, 6.45) is 1.08. The first-order valence-electron chi connectivity index (χ1n) is 3.77. The Morgan fingerprint density at radius 1 is 1.20 bits per heavy atom. The van der Waals surface area contributed by atoms with Gasteiger partial charge in [-0.2, -0.15) is 0 Å². The van der Waals surface area contributed by atoms with Crippen LogP contribution in [0.2, 0.25) is 0 Å².